The topological polar surface area (TPSA) is 269 Å². The van der Waals surface area contributed by atoms with Gasteiger partial charge in [-0.1, -0.05) is 134 Å². The molecule has 0 aliphatic carbocycles. The number of hydrogen-bond acceptors (Lipinski definition) is 16. The molecule has 0 saturated carbocycles. The smallest absolute Gasteiger partial charge is 0.343 e. The molecule has 0 aliphatic rings. The normalized spacial score (nSPS) is 11.7. The van der Waals surface area contributed by atoms with Crippen LogP contribution in [0.3, 0.4) is 0 Å². The molecule has 0 spiro atoms. The molecule has 0 radical (unpaired) electrons. The number of amides is 4. The van der Waals surface area contributed by atoms with Gasteiger partial charge in [0.1, 0.15) is 29.5 Å². The minimum absolute atomic E-state index is 0.0224. The molecule has 6 heterocycles. The fourth-order valence-electron chi connectivity index (χ4n) is 9.88. The molecule has 91 heavy (non-hydrogen) atoms. The van der Waals surface area contributed by atoms with Crippen LogP contribution in [0.4, 0.5) is 21.2 Å². The number of aromatic nitrogens is 10. The summed E-state index contributed by atoms with van der Waals surface area (Å²) in [6, 6.07) is 45.5. The molecular weight excluding hydrogens is 1210 g/mol. The molecule has 0 aliphatic heterocycles. The van der Waals surface area contributed by atoms with E-state index in [9.17, 15) is 25.8 Å². The summed E-state index contributed by atoms with van der Waals surface area (Å²) in [7, 11) is 0. The summed E-state index contributed by atoms with van der Waals surface area (Å²) in [6.07, 6.45) is 3.96. The van der Waals surface area contributed by atoms with Crippen LogP contribution in [0.2, 0.25) is 0 Å². The van der Waals surface area contributed by atoms with Gasteiger partial charge in [0.25, 0.3) is 0 Å². The average Bonchev–Trinajstić information content (AvgIpc) is 1.67. The van der Waals surface area contributed by atoms with Crippen LogP contribution in [0.1, 0.15) is 101 Å². The third kappa shape index (κ3) is 13.3. The number of benzene rings is 5. The Hall–Kier alpha value is -10.1. The van der Waals surface area contributed by atoms with Crippen LogP contribution >= 0.6 is 35.3 Å². The van der Waals surface area contributed by atoms with Crippen molar-refractivity contribution in [3.63, 3.8) is 0 Å². The molecule has 24 heteroatoms. The fraction of sp³-hybridized carbons (Fsp3) is 0.224. The molecule has 0 unspecified atom stereocenters. The second-order valence-corrected chi connectivity index (χ2v) is 26.9. The first-order chi connectivity index (χ1) is 43.7. The van der Waals surface area contributed by atoms with Crippen molar-refractivity contribution in [2.45, 2.75) is 110 Å². The Morgan fingerprint density at radius 1 is 0.582 bits per heavy atom. The number of rotatable bonds is 17. The van der Waals surface area contributed by atoms with Crippen molar-refractivity contribution >= 4 is 70.3 Å². The van der Waals surface area contributed by atoms with Crippen molar-refractivity contribution < 1.29 is 24.9 Å². The van der Waals surface area contributed by atoms with Crippen LogP contribution in [0.5, 0.6) is 11.5 Å². The monoisotopic (exact) mass is 1270 g/mol. The lowest BCUT2D eigenvalue weighted by Gasteiger charge is -2.34. The molecule has 0 fully saturated rings. The minimum Gasteiger partial charge on any atom is -0.507 e. The molecule has 5 N–H and O–H groups in total. The molecule has 6 aromatic heterocycles. The van der Waals surface area contributed by atoms with Crippen molar-refractivity contribution in [2.24, 2.45) is 0 Å². The lowest BCUT2D eigenvalue weighted by atomic mass is 9.92. The standard InChI is InChI=1S/C67H64N16O5S3/c1-41(2)62-74-72-58-27-23-48(39-78(58)62)90-53-18-12-9-15-42(53)37-70-64(87)82(60-33-56(66(3,4)5)76-80(60)46-21-25-51(85)44(31-46)35-68)83(61-34-57(67(6,7)8)77-81(61)47-22-26-52(86)45(32-47)36-69)65(88)71-38-43-16-10-13-19-54(43)91-49-24-28-59-73-75-63(79(59)40-49)50-17-11-14-20-55(50)89-30-29-84/h9-28,31-34,39-41,84-86H,29-30,37-38H2,1-8H3,(H,70,87)(H,71,88). The zero-order chi connectivity index (χ0) is 64.3. The van der Waals surface area contributed by atoms with E-state index in [1.54, 1.807) is 24.3 Å². The summed E-state index contributed by atoms with van der Waals surface area (Å²) >= 11 is 4.50. The number of hydrazine groups is 1. The highest BCUT2D eigenvalue weighted by Crippen LogP contribution is 2.39. The predicted octanol–water partition coefficient (Wildman–Crippen LogP) is 13.1. The number of carbonyl (C=O) groups is 2. The van der Waals surface area contributed by atoms with Crippen molar-refractivity contribution in [1.82, 2.24) is 59.4 Å². The SMILES string of the molecule is CC(C)c1nnc2ccc(Sc3ccccc3CNC(=O)N(c3cc(C(C)(C)C)nn3-c3ccc(O)c(C#N)c3)N(C(=O)NCc3ccccc3Sc3ccc4nnc(-c5ccccc5SCCO)n4c3)c3cc(C(C)(C)C)nn3-c3ccc(O)c(C#N)c3)cn12. The first-order valence-electron chi connectivity index (χ1n) is 29.1. The Morgan fingerprint density at radius 2 is 1.04 bits per heavy atom. The number of phenols is 2. The van der Waals surface area contributed by atoms with E-state index >= 15 is 9.59 Å². The van der Waals surface area contributed by atoms with Gasteiger partial charge < -0.3 is 26.0 Å². The molecule has 0 saturated heterocycles. The van der Waals surface area contributed by atoms with Gasteiger partial charge in [-0.25, -0.2) is 19.0 Å². The number of thioether (sulfide) groups is 1. The van der Waals surface area contributed by atoms with Crippen LogP contribution in [-0.2, 0) is 23.9 Å². The number of aliphatic hydroxyl groups is 1. The first kappa shape index (κ1) is 62.5. The number of nitrogens with one attached hydrogen (secondary N) is 2. The lowest BCUT2D eigenvalue weighted by Crippen LogP contribution is -2.58. The predicted molar refractivity (Wildman–Crippen MR) is 351 cm³/mol. The first-order valence-corrected chi connectivity index (χ1v) is 31.7. The van der Waals surface area contributed by atoms with Gasteiger partial charge in [-0.15, -0.1) is 32.2 Å². The van der Waals surface area contributed by atoms with E-state index in [2.05, 4.69) is 57.0 Å². The maximum atomic E-state index is 16.3. The second-order valence-electron chi connectivity index (χ2n) is 23.6. The molecule has 21 nitrogen and oxygen atoms in total. The van der Waals surface area contributed by atoms with Gasteiger partial charge in [0.05, 0.1) is 40.5 Å². The summed E-state index contributed by atoms with van der Waals surface area (Å²) in [5.41, 5.74) is 3.76. The molecule has 5 aromatic carbocycles. The largest absolute Gasteiger partial charge is 0.507 e. The lowest BCUT2D eigenvalue weighted by molar-refractivity contribution is 0.236. The number of nitriles is 2. The van der Waals surface area contributed by atoms with Crippen molar-refractivity contribution in [3.8, 4) is 46.4 Å². The zero-order valence-corrected chi connectivity index (χ0v) is 53.5. The fourth-order valence-corrected chi connectivity index (χ4v) is 12.6. The van der Waals surface area contributed by atoms with E-state index in [-0.39, 0.29) is 71.3 Å². The Kier molecular flexibility index (Phi) is 18.0. The quantitative estimate of drug-likeness (QED) is 0.0419. The van der Waals surface area contributed by atoms with E-state index < -0.39 is 22.9 Å². The summed E-state index contributed by atoms with van der Waals surface area (Å²) in [6.45, 7) is 15.7. The maximum absolute atomic E-state index is 16.3. The van der Waals surface area contributed by atoms with Gasteiger partial charge >= 0.3 is 12.1 Å². The molecule has 0 atom stereocenters. The highest BCUT2D eigenvalue weighted by Gasteiger charge is 2.38. The average molecular weight is 1270 g/mol. The van der Waals surface area contributed by atoms with Crippen molar-refractivity contribution in [2.75, 3.05) is 22.4 Å². The number of pyridine rings is 2. The number of urea groups is 2. The minimum atomic E-state index is -0.807. The third-order valence-electron chi connectivity index (χ3n) is 14.7. The van der Waals surface area contributed by atoms with E-state index in [0.29, 0.717) is 34.3 Å². The van der Waals surface area contributed by atoms with Gasteiger partial charge in [0, 0.05) is 90.2 Å². The molecular formula is C67H64N16O5S3. The van der Waals surface area contributed by atoms with Crippen molar-refractivity contribution in [1.29, 1.82) is 10.5 Å². The van der Waals surface area contributed by atoms with Crippen LogP contribution < -0.4 is 20.7 Å². The molecule has 11 aromatic rings. The van der Waals surface area contributed by atoms with E-state index in [0.717, 1.165) is 47.0 Å². The van der Waals surface area contributed by atoms with Gasteiger partial charge in [-0.3, -0.25) is 8.80 Å². The summed E-state index contributed by atoms with van der Waals surface area (Å²) in [4.78, 5) is 36.8. The Balaban J connectivity index is 1.04. The van der Waals surface area contributed by atoms with Crippen LogP contribution in [0, 0.1) is 22.7 Å². The summed E-state index contributed by atoms with van der Waals surface area (Å²) < 4.78 is 6.81. The van der Waals surface area contributed by atoms with Crippen molar-refractivity contribution in [3.05, 3.63) is 197 Å². The molecule has 0 bridgehead atoms. The number of aromatic hydroxyl groups is 2. The van der Waals surface area contributed by atoms with Gasteiger partial charge in [0.2, 0.25) is 0 Å². The third-order valence-corrected chi connectivity index (χ3v) is 17.9. The summed E-state index contributed by atoms with van der Waals surface area (Å²) in [5, 5.41) is 88.6. The van der Waals surface area contributed by atoms with Crippen LogP contribution in [-0.4, -0.2) is 88.5 Å². The van der Waals surface area contributed by atoms with E-state index in [4.69, 9.17) is 10.2 Å². The Labute approximate surface area is 538 Å². The Morgan fingerprint density at radius 3 is 1.53 bits per heavy atom. The number of carbonyl (C=O) groups excluding carboxylic acids is 2. The molecule has 4 amide bonds. The number of aliphatic hydroxyl groups excluding tert-OH is 1. The number of hydrogen-bond donors (Lipinski definition) is 5. The number of fused-ring (bicyclic) bond motifs is 2. The molecule has 11 rings (SSSR count). The summed E-state index contributed by atoms with van der Waals surface area (Å²) in [5.74, 6) is 1.62. The Bertz CT molecular complexity index is 4640. The second kappa shape index (κ2) is 26.1. The highest BCUT2D eigenvalue weighted by molar-refractivity contribution is 8.00. The van der Waals surface area contributed by atoms with E-state index in [1.165, 1.54) is 78.9 Å². The van der Waals surface area contributed by atoms with Gasteiger partial charge in [-0.2, -0.15) is 30.7 Å². The maximum Gasteiger partial charge on any atom is 0.343 e. The number of anilines is 2. The van der Waals surface area contributed by atoms with Crippen LogP contribution in [0.25, 0.3) is 34.1 Å². The van der Waals surface area contributed by atoms with Gasteiger partial charge in [0.15, 0.2) is 28.8 Å². The number of nitrogens with zero attached hydrogens (tertiary/aromatic N) is 14. The number of phenolic OH excluding ortho intramolecular Hbond substituents is 2. The highest BCUT2D eigenvalue weighted by atomic mass is 32.2. The van der Waals surface area contributed by atoms with Gasteiger partial charge in [-0.05, 0) is 90.0 Å². The molecule has 460 valence electrons. The van der Waals surface area contributed by atoms with E-state index in [1.807, 2.05) is 160 Å². The van der Waals surface area contributed by atoms with Crippen LogP contribution in [0.15, 0.2) is 182 Å². The zero-order valence-electron chi connectivity index (χ0n) is 51.1.